The fourth-order valence-corrected chi connectivity index (χ4v) is 3.92. The highest BCUT2D eigenvalue weighted by Crippen LogP contribution is 2.37. The Kier molecular flexibility index (Phi) is 6.64. The number of nitrogens with zero attached hydrogens (tertiary/aromatic N) is 1. The van der Waals surface area contributed by atoms with E-state index < -0.39 is 10.8 Å². The van der Waals surface area contributed by atoms with E-state index in [1.807, 2.05) is 0 Å². The van der Waals surface area contributed by atoms with Gasteiger partial charge in [0, 0.05) is 23.2 Å². The molecule has 0 saturated carbocycles. The fraction of sp³-hybridized carbons (Fsp3) is 0.0500. The van der Waals surface area contributed by atoms with Crippen LogP contribution >= 0.6 is 35.0 Å². The molecule has 0 unspecified atom stereocenters. The zero-order valence-corrected chi connectivity index (χ0v) is 17.2. The molecule has 0 saturated heterocycles. The van der Waals surface area contributed by atoms with Crippen LogP contribution in [0.25, 0.3) is 0 Å². The second-order valence-electron chi connectivity index (χ2n) is 6.00. The van der Waals surface area contributed by atoms with E-state index in [0.717, 1.165) is 4.90 Å². The number of nitrogens with two attached hydrogens (primary N) is 1. The number of anilines is 1. The molecule has 0 aliphatic carbocycles. The molecular weight excluding hydrogens is 433 g/mol. The van der Waals surface area contributed by atoms with Crippen LogP contribution in [0.15, 0.2) is 70.5 Å². The smallest absolute Gasteiger partial charge is 0.283 e. The van der Waals surface area contributed by atoms with Crippen LogP contribution in [0.1, 0.15) is 15.9 Å². The highest BCUT2D eigenvalue weighted by Gasteiger charge is 2.17. The molecule has 0 spiro atoms. The number of carbonyl (C=O) groups is 1. The minimum atomic E-state index is -0.549. The number of nitrogens with one attached hydrogen (secondary N) is 1. The van der Waals surface area contributed by atoms with Crippen LogP contribution in [0.5, 0.6) is 0 Å². The topological polar surface area (TPSA) is 98.3 Å². The Labute approximate surface area is 181 Å². The lowest BCUT2D eigenvalue weighted by Crippen LogP contribution is -2.14. The largest absolute Gasteiger partial charge is 0.380 e. The molecule has 3 aromatic rings. The van der Waals surface area contributed by atoms with Gasteiger partial charge in [0.1, 0.15) is 0 Å². The predicted octanol–water partition coefficient (Wildman–Crippen LogP) is 5.76. The molecule has 0 radical (unpaired) electrons. The first kappa shape index (κ1) is 21.0. The molecule has 0 fully saturated rings. The molecule has 1 amide bonds. The van der Waals surface area contributed by atoms with E-state index in [0.29, 0.717) is 38.3 Å². The number of para-hydroxylation sites is 1. The molecule has 3 N–H and O–H groups in total. The van der Waals surface area contributed by atoms with Crippen molar-refractivity contribution in [2.24, 2.45) is 5.73 Å². The lowest BCUT2D eigenvalue weighted by atomic mass is 10.1. The lowest BCUT2D eigenvalue weighted by molar-refractivity contribution is -0.387. The average Bonchev–Trinajstić information content (AvgIpc) is 2.70. The molecule has 148 valence electrons. The molecule has 3 aromatic carbocycles. The third-order valence-corrected chi connectivity index (χ3v) is 5.81. The molecule has 0 bridgehead atoms. The van der Waals surface area contributed by atoms with Gasteiger partial charge in [-0.25, -0.2) is 0 Å². The number of nitro groups is 1. The average molecular weight is 448 g/mol. The maximum atomic E-state index is 11.6. The van der Waals surface area contributed by atoms with Gasteiger partial charge in [-0.1, -0.05) is 53.2 Å². The van der Waals surface area contributed by atoms with Crippen molar-refractivity contribution >= 4 is 52.2 Å². The molecule has 0 heterocycles. The number of halogens is 2. The summed E-state index contributed by atoms with van der Waals surface area (Å²) < 4.78 is 0. The number of hydrogen-bond acceptors (Lipinski definition) is 5. The Morgan fingerprint density at radius 3 is 2.52 bits per heavy atom. The Hall–Kier alpha value is -2.74. The number of hydrogen-bond donors (Lipinski definition) is 2. The maximum absolute atomic E-state index is 11.6. The second-order valence-corrected chi connectivity index (χ2v) is 7.93. The molecule has 0 aromatic heterocycles. The van der Waals surface area contributed by atoms with Crippen molar-refractivity contribution in [2.75, 3.05) is 5.32 Å². The van der Waals surface area contributed by atoms with Crippen molar-refractivity contribution in [3.05, 3.63) is 92.0 Å². The number of nitro benzene ring substituents is 1. The monoisotopic (exact) mass is 447 g/mol. The van der Waals surface area contributed by atoms with E-state index in [-0.39, 0.29) is 5.69 Å². The van der Waals surface area contributed by atoms with E-state index in [1.54, 1.807) is 54.6 Å². The number of primary amides is 1. The summed E-state index contributed by atoms with van der Waals surface area (Å²) in [6, 6.07) is 16.8. The van der Waals surface area contributed by atoms with Gasteiger partial charge in [-0.2, -0.15) is 0 Å². The van der Waals surface area contributed by atoms with E-state index in [1.165, 1.54) is 17.8 Å². The summed E-state index contributed by atoms with van der Waals surface area (Å²) >= 11 is 13.2. The van der Waals surface area contributed by atoms with Gasteiger partial charge in [0.25, 0.3) is 11.6 Å². The molecule has 6 nitrogen and oxygen atoms in total. The Morgan fingerprint density at radius 2 is 1.83 bits per heavy atom. The lowest BCUT2D eigenvalue weighted by Gasteiger charge is -2.11. The van der Waals surface area contributed by atoms with Crippen molar-refractivity contribution in [1.29, 1.82) is 0 Å². The van der Waals surface area contributed by atoms with E-state index in [4.69, 9.17) is 28.9 Å². The Morgan fingerprint density at radius 1 is 1.07 bits per heavy atom. The third kappa shape index (κ3) is 5.20. The maximum Gasteiger partial charge on any atom is 0.283 e. The molecule has 0 atom stereocenters. The number of carbonyl (C=O) groups excluding carboxylic acids is 1. The molecule has 3 rings (SSSR count). The highest BCUT2D eigenvalue weighted by atomic mass is 35.5. The van der Waals surface area contributed by atoms with Crippen molar-refractivity contribution in [2.45, 2.75) is 16.3 Å². The minimum Gasteiger partial charge on any atom is -0.380 e. The van der Waals surface area contributed by atoms with Crippen molar-refractivity contribution < 1.29 is 9.72 Å². The van der Waals surface area contributed by atoms with Gasteiger partial charge in [-0.05, 0) is 42.0 Å². The summed E-state index contributed by atoms with van der Waals surface area (Å²) in [6.07, 6.45) is 0. The van der Waals surface area contributed by atoms with Crippen molar-refractivity contribution in [3.8, 4) is 0 Å². The normalized spacial score (nSPS) is 10.6. The Bertz CT molecular complexity index is 1090. The second kappa shape index (κ2) is 9.17. The van der Waals surface area contributed by atoms with Crippen molar-refractivity contribution in [3.63, 3.8) is 0 Å². The van der Waals surface area contributed by atoms with E-state index in [2.05, 4.69) is 5.32 Å². The standard InChI is InChI=1S/C20H15Cl2N3O3S/c21-15-7-6-13(10-16(15)22)29-19-8-5-12(9-18(19)25(27)28)11-24-17-4-2-1-3-14(17)20(23)26/h1-10,24H,11H2,(H2,23,26). The van der Waals surface area contributed by atoms with Gasteiger partial charge >= 0.3 is 0 Å². The minimum absolute atomic E-state index is 0.0245. The Balaban J connectivity index is 1.82. The first-order chi connectivity index (χ1) is 13.8. The van der Waals surface area contributed by atoms with Crippen LogP contribution < -0.4 is 11.1 Å². The first-order valence-corrected chi connectivity index (χ1v) is 9.95. The number of rotatable bonds is 7. The molecule has 0 aliphatic heterocycles. The van der Waals surface area contributed by atoms with Crippen LogP contribution in [-0.4, -0.2) is 10.8 Å². The van der Waals surface area contributed by atoms with Gasteiger partial charge in [-0.15, -0.1) is 0 Å². The summed E-state index contributed by atoms with van der Waals surface area (Å²) in [5.41, 5.74) is 6.96. The number of benzene rings is 3. The number of amides is 1. The van der Waals surface area contributed by atoms with Gasteiger partial charge in [0.15, 0.2) is 0 Å². The van der Waals surface area contributed by atoms with Gasteiger partial charge in [0.2, 0.25) is 0 Å². The van der Waals surface area contributed by atoms with Gasteiger partial charge in [0.05, 0.1) is 25.4 Å². The predicted molar refractivity (Wildman–Crippen MR) is 116 cm³/mol. The third-order valence-electron chi connectivity index (χ3n) is 4.01. The van der Waals surface area contributed by atoms with Crippen LogP contribution in [0.2, 0.25) is 10.0 Å². The van der Waals surface area contributed by atoms with E-state index in [9.17, 15) is 14.9 Å². The fourth-order valence-electron chi connectivity index (χ4n) is 2.62. The van der Waals surface area contributed by atoms with E-state index >= 15 is 0 Å². The molecule has 9 heteroatoms. The summed E-state index contributed by atoms with van der Waals surface area (Å²) in [6.45, 7) is 0.294. The first-order valence-electron chi connectivity index (χ1n) is 8.38. The highest BCUT2D eigenvalue weighted by molar-refractivity contribution is 7.99. The molecule has 29 heavy (non-hydrogen) atoms. The zero-order chi connectivity index (χ0) is 21.0. The summed E-state index contributed by atoms with van der Waals surface area (Å²) in [4.78, 5) is 23.9. The van der Waals surface area contributed by atoms with Crippen molar-refractivity contribution in [1.82, 2.24) is 0 Å². The van der Waals surface area contributed by atoms with Gasteiger partial charge in [-0.3, -0.25) is 14.9 Å². The van der Waals surface area contributed by atoms with Crippen LogP contribution in [0.3, 0.4) is 0 Å². The van der Waals surface area contributed by atoms with Crippen LogP contribution in [0, 0.1) is 10.1 Å². The van der Waals surface area contributed by atoms with Crippen LogP contribution in [0.4, 0.5) is 11.4 Å². The SMILES string of the molecule is NC(=O)c1ccccc1NCc1ccc(Sc2ccc(Cl)c(Cl)c2)c([N+](=O)[O-])c1. The molecular formula is C20H15Cl2N3O3S. The zero-order valence-electron chi connectivity index (χ0n) is 14.9. The summed E-state index contributed by atoms with van der Waals surface area (Å²) in [5, 5.41) is 15.5. The summed E-state index contributed by atoms with van der Waals surface area (Å²) in [5.74, 6) is -0.549. The molecule has 0 aliphatic rings. The summed E-state index contributed by atoms with van der Waals surface area (Å²) in [7, 11) is 0. The quantitative estimate of drug-likeness (QED) is 0.354. The van der Waals surface area contributed by atoms with Gasteiger partial charge < -0.3 is 11.1 Å². The van der Waals surface area contributed by atoms with Crippen LogP contribution in [-0.2, 0) is 6.54 Å².